The predicted octanol–water partition coefficient (Wildman–Crippen LogP) is 8.62. The van der Waals surface area contributed by atoms with Gasteiger partial charge in [-0.1, -0.05) is 152 Å². The van der Waals surface area contributed by atoms with Crippen LogP contribution in [0, 0.1) is 11.8 Å². The summed E-state index contributed by atoms with van der Waals surface area (Å²) in [5.41, 5.74) is 5.33. The second-order valence-electron chi connectivity index (χ2n) is 13.3. The summed E-state index contributed by atoms with van der Waals surface area (Å²) in [6.45, 7) is 2.41. The van der Waals surface area contributed by atoms with Crippen LogP contribution < -0.4 is 5.32 Å². The summed E-state index contributed by atoms with van der Waals surface area (Å²) in [7, 11) is 0. The van der Waals surface area contributed by atoms with E-state index in [0.717, 1.165) is 27.8 Å². The number of carbonyl (C=O) groups excluding carboxylic acids is 1. The van der Waals surface area contributed by atoms with E-state index in [-0.39, 0.29) is 23.8 Å². The molecule has 6 rings (SSSR count). The Bertz CT molecular complexity index is 1620. The minimum absolute atomic E-state index is 0.00797. The first-order valence-corrected chi connectivity index (χ1v) is 18.2. The summed E-state index contributed by atoms with van der Waals surface area (Å²) in [5.74, 6) is -0.140. The zero-order valence-electron chi connectivity index (χ0n) is 29.6. The first kappa shape index (κ1) is 37.1. The lowest BCUT2D eigenvalue weighted by molar-refractivity contribution is -0.187. The van der Waals surface area contributed by atoms with Gasteiger partial charge in [0, 0.05) is 19.3 Å². The van der Waals surface area contributed by atoms with Crippen molar-refractivity contribution >= 4 is 5.91 Å². The normalized spacial score (nSPS) is 17.3. The Hall–Kier alpha value is -4.63. The average molecular weight is 700 g/mol. The molecule has 1 saturated heterocycles. The molecule has 0 unspecified atom stereocenters. The van der Waals surface area contributed by atoms with Crippen molar-refractivity contribution in [1.82, 2.24) is 5.32 Å². The number of piperidine rings is 1. The highest BCUT2D eigenvalue weighted by Crippen LogP contribution is 2.35. The van der Waals surface area contributed by atoms with E-state index >= 15 is 0 Å². The third-order valence-electron chi connectivity index (χ3n) is 9.40. The van der Waals surface area contributed by atoms with Gasteiger partial charge in [0.15, 0.2) is 12.6 Å². The quantitative estimate of drug-likeness (QED) is 0.0821. The van der Waals surface area contributed by atoms with Crippen molar-refractivity contribution in [3.8, 4) is 0 Å². The predicted molar refractivity (Wildman–Crippen MR) is 201 cm³/mol. The maximum absolute atomic E-state index is 13.4. The number of hydrogen-bond acceptors (Lipinski definition) is 6. The second-order valence-corrected chi connectivity index (χ2v) is 13.3. The molecule has 0 radical (unpaired) electrons. The van der Waals surface area contributed by atoms with Crippen LogP contribution in [0.1, 0.15) is 47.1 Å². The van der Waals surface area contributed by atoms with Crippen molar-refractivity contribution < 1.29 is 28.5 Å². The van der Waals surface area contributed by atoms with Crippen LogP contribution in [0.25, 0.3) is 0 Å². The maximum Gasteiger partial charge on any atom is 0.220 e. The summed E-state index contributed by atoms with van der Waals surface area (Å²) in [6, 6.07) is 50.3. The van der Waals surface area contributed by atoms with E-state index in [1.807, 2.05) is 127 Å². The Kier molecular flexibility index (Phi) is 14.6. The van der Waals surface area contributed by atoms with Crippen LogP contribution in [-0.4, -0.2) is 31.1 Å². The molecule has 1 heterocycles. The third-order valence-corrected chi connectivity index (χ3v) is 9.40. The summed E-state index contributed by atoms with van der Waals surface area (Å²) < 4.78 is 32.3. The van der Waals surface area contributed by atoms with Gasteiger partial charge in [0.2, 0.25) is 5.91 Å². The fraction of sp³-hybridized carbons (Fsp3) is 0.311. The van der Waals surface area contributed by atoms with Gasteiger partial charge in [-0.3, -0.25) is 4.79 Å². The largest absolute Gasteiger partial charge is 0.375 e. The zero-order valence-corrected chi connectivity index (χ0v) is 29.6. The van der Waals surface area contributed by atoms with Crippen LogP contribution in [0.5, 0.6) is 0 Å². The molecule has 52 heavy (non-hydrogen) atoms. The SMILES string of the molecule is O=C1C[C@@H](CC(OCc2ccccc2)OCc2ccccc2)[C@@H](CC(OCc2ccccc2)OCc2ccccc2)[C@H](COCc2ccccc2)N1. The number of carbonyl (C=O) groups is 1. The molecule has 3 atom stereocenters. The monoisotopic (exact) mass is 699 g/mol. The highest BCUT2D eigenvalue weighted by atomic mass is 16.7. The molecular formula is C45H49NO6. The van der Waals surface area contributed by atoms with E-state index in [0.29, 0.717) is 58.9 Å². The van der Waals surface area contributed by atoms with Crippen molar-refractivity contribution in [2.75, 3.05) is 6.61 Å². The Morgan fingerprint density at radius 1 is 0.481 bits per heavy atom. The van der Waals surface area contributed by atoms with Crippen LogP contribution in [0.2, 0.25) is 0 Å². The lowest BCUT2D eigenvalue weighted by Gasteiger charge is -2.41. The van der Waals surface area contributed by atoms with Crippen LogP contribution in [0.4, 0.5) is 0 Å². The van der Waals surface area contributed by atoms with E-state index in [4.69, 9.17) is 23.7 Å². The molecule has 1 aliphatic rings. The molecular weight excluding hydrogens is 650 g/mol. The summed E-state index contributed by atoms with van der Waals surface area (Å²) in [5, 5.41) is 3.27. The van der Waals surface area contributed by atoms with Crippen LogP contribution >= 0.6 is 0 Å². The van der Waals surface area contributed by atoms with Gasteiger partial charge < -0.3 is 29.0 Å². The van der Waals surface area contributed by atoms with E-state index in [2.05, 4.69) is 29.6 Å². The first-order valence-electron chi connectivity index (χ1n) is 18.2. The fourth-order valence-electron chi connectivity index (χ4n) is 6.64. The van der Waals surface area contributed by atoms with Gasteiger partial charge >= 0.3 is 0 Å². The fourth-order valence-corrected chi connectivity index (χ4v) is 6.64. The van der Waals surface area contributed by atoms with Gasteiger partial charge in [-0.05, 0) is 39.7 Å². The van der Waals surface area contributed by atoms with Gasteiger partial charge in [0.1, 0.15) is 0 Å². The molecule has 7 heteroatoms. The second kappa shape index (κ2) is 20.4. The smallest absolute Gasteiger partial charge is 0.220 e. The van der Waals surface area contributed by atoms with Crippen LogP contribution in [-0.2, 0) is 61.5 Å². The Morgan fingerprint density at radius 2 is 0.827 bits per heavy atom. The summed E-state index contributed by atoms with van der Waals surface area (Å²) >= 11 is 0. The van der Waals surface area contributed by atoms with Crippen molar-refractivity contribution in [1.29, 1.82) is 0 Å². The molecule has 5 aromatic carbocycles. The Morgan fingerprint density at radius 3 is 1.21 bits per heavy atom. The number of nitrogens with one attached hydrogen (secondary N) is 1. The molecule has 1 N–H and O–H groups in total. The summed E-state index contributed by atoms with van der Waals surface area (Å²) in [4.78, 5) is 13.4. The van der Waals surface area contributed by atoms with Crippen molar-refractivity contribution in [2.45, 2.75) is 70.9 Å². The van der Waals surface area contributed by atoms with E-state index in [9.17, 15) is 4.79 Å². The standard InChI is InChI=1S/C45H49NO6/c47-43-26-40(27-44(49-30-36-18-8-2-9-19-36)50-31-37-20-10-3-11-21-37)41(42(46-43)34-48-29-35-16-6-1-7-17-35)28-45(51-32-38-22-12-4-13-23-38)52-33-39-24-14-5-15-25-39/h1-25,40-42,44-45H,26-34H2,(H,46,47)/t40-,41+,42-/m0/s1. The molecule has 1 fully saturated rings. The Balaban J connectivity index is 1.23. The van der Waals surface area contributed by atoms with Gasteiger partial charge in [-0.25, -0.2) is 0 Å². The highest BCUT2D eigenvalue weighted by Gasteiger charge is 2.40. The van der Waals surface area contributed by atoms with Crippen molar-refractivity contribution in [2.24, 2.45) is 11.8 Å². The molecule has 0 spiro atoms. The molecule has 5 aromatic rings. The highest BCUT2D eigenvalue weighted by molar-refractivity contribution is 5.77. The number of ether oxygens (including phenoxy) is 5. The lowest BCUT2D eigenvalue weighted by Crippen LogP contribution is -2.53. The minimum atomic E-state index is -0.543. The van der Waals surface area contributed by atoms with E-state index in [1.54, 1.807) is 0 Å². The zero-order chi connectivity index (χ0) is 35.6. The first-order chi connectivity index (χ1) is 25.7. The number of hydrogen-bond donors (Lipinski definition) is 1. The number of benzene rings is 5. The molecule has 0 aromatic heterocycles. The van der Waals surface area contributed by atoms with Gasteiger partial charge in [0.05, 0.1) is 45.7 Å². The molecule has 1 aliphatic heterocycles. The molecule has 7 nitrogen and oxygen atoms in total. The summed E-state index contributed by atoms with van der Waals surface area (Å²) in [6.07, 6.45) is 0.335. The van der Waals surface area contributed by atoms with Crippen molar-refractivity contribution in [3.05, 3.63) is 179 Å². The number of amides is 1. The molecule has 0 saturated carbocycles. The molecule has 1 amide bonds. The molecule has 270 valence electrons. The average Bonchev–Trinajstić information content (AvgIpc) is 3.20. The van der Waals surface area contributed by atoms with Gasteiger partial charge in [0.25, 0.3) is 0 Å². The van der Waals surface area contributed by atoms with Gasteiger partial charge in [-0.15, -0.1) is 0 Å². The Labute approximate surface area is 307 Å². The number of rotatable bonds is 20. The maximum atomic E-state index is 13.4. The van der Waals surface area contributed by atoms with E-state index < -0.39 is 12.6 Å². The molecule has 0 bridgehead atoms. The van der Waals surface area contributed by atoms with E-state index in [1.165, 1.54) is 0 Å². The third kappa shape index (κ3) is 12.3. The van der Waals surface area contributed by atoms with Gasteiger partial charge in [-0.2, -0.15) is 0 Å². The molecule has 0 aliphatic carbocycles. The topological polar surface area (TPSA) is 75.3 Å². The lowest BCUT2D eigenvalue weighted by atomic mass is 9.76. The van der Waals surface area contributed by atoms with Crippen LogP contribution in [0.15, 0.2) is 152 Å². The van der Waals surface area contributed by atoms with Crippen molar-refractivity contribution in [3.63, 3.8) is 0 Å². The minimum Gasteiger partial charge on any atom is -0.375 e. The van der Waals surface area contributed by atoms with Crippen LogP contribution in [0.3, 0.4) is 0 Å².